The Morgan fingerprint density at radius 1 is 0.303 bits per heavy atom. The molecule has 10 aromatic carbocycles. The van der Waals surface area contributed by atoms with E-state index in [2.05, 4.69) is 170 Å². The van der Waals surface area contributed by atoms with Gasteiger partial charge in [0.2, 0.25) is 0 Å². The van der Waals surface area contributed by atoms with Gasteiger partial charge in [-0.3, -0.25) is 0 Å². The molecule has 1 aliphatic heterocycles. The molecular weight excluding hydrogens is 807 g/mol. The first-order chi connectivity index (χ1) is 32.7. The first-order valence-corrected chi connectivity index (χ1v) is 22.2. The first kappa shape index (κ1) is 37.6. The van der Waals surface area contributed by atoms with Crippen LogP contribution in [-0.4, -0.2) is 15.0 Å². The monoisotopic (exact) mass is 843 g/mol. The van der Waals surface area contributed by atoms with Gasteiger partial charge in [0.1, 0.15) is 22.7 Å². The summed E-state index contributed by atoms with van der Waals surface area (Å²) in [4.78, 5) is 15.2. The van der Waals surface area contributed by atoms with Crippen molar-refractivity contribution in [2.24, 2.45) is 0 Å². The lowest BCUT2D eigenvalue weighted by Crippen LogP contribution is -2.01. The van der Waals surface area contributed by atoms with Gasteiger partial charge >= 0.3 is 0 Å². The number of ether oxygens (including phenoxy) is 1. The molecule has 0 saturated carbocycles. The van der Waals surface area contributed by atoms with Crippen molar-refractivity contribution in [1.82, 2.24) is 15.0 Å². The molecule has 0 atom stereocenters. The normalized spacial score (nSPS) is 11.8. The van der Waals surface area contributed by atoms with Crippen molar-refractivity contribution in [3.63, 3.8) is 0 Å². The van der Waals surface area contributed by atoms with E-state index in [1.165, 1.54) is 5.56 Å². The van der Waals surface area contributed by atoms with Crippen molar-refractivity contribution >= 4 is 32.7 Å². The second-order valence-corrected chi connectivity index (χ2v) is 16.7. The third kappa shape index (κ3) is 6.36. The Hall–Kier alpha value is -8.93. The smallest absolute Gasteiger partial charge is 0.164 e. The fourth-order valence-electron chi connectivity index (χ4n) is 9.61. The van der Waals surface area contributed by atoms with Crippen LogP contribution in [0, 0.1) is 0 Å². The topological polar surface area (TPSA) is 61.0 Å². The van der Waals surface area contributed by atoms with E-state index >= 15 is 0 Å². The SMILES string of the molecule is c1ccc(-c2cc(-c3ccc(-c4nc(-c5ccccc5)nc(-c5ccc6c(c5)oc5ccccc56)n4)cc3)c(-c3ccccc3)c(-c3cccc4c3Oc3cccc5cccc-4c35)c2)cc1. The number of fused-ring (bicyclic) bond motifs is 5. The van der Waals surface area contributed by atoms with Crippen molar-refractivity contribution in [2.45, 2.75) is 0 Å². The standard InChI is InChI=1S/C61H37N3O2/c1-4-15-38(16-5-1)45-35-51(56(40-17-6-2-7-18-40)52(36-45)50-26-14-25-49-48-24-12-21-41-22-13-28-54(57(41)48)66-58(49)50)39-29-31-43(32-30-39)60-62-59(42-19-8-3-9-20-42)63-61(64-60)44-33-34-47-46-23-10-11-27-53(46)65-55(47)37-44/h1-37H. The van der Waals surface area contributed by atoms with Crippen molar-refractivity contribution in [3.8, 4) is 101 Å². The Balaban J connectivity index is 0.987. The summed E-state index contributed by atoms with van der Waals surface area (Å²) in [5.41, 5.74) is 15.3. The summed E-state index contributed by atoms with van der Waals surface area (Å²) >= 11 is 0. The Labute approximate surface area is 380 Å². The summed E-state index contributed by atoms with van der Waals surface area (Å²) in [5.74, 6) is 3.48. The van der Waals surface area contributed by atoms with Crippen molar-refractivity contribution in [3.05, 3.63) is 224 Å². The maximum atomic E-state index is 6.98. The quantitative estimate of drug-likeness (QED) is 0.160. The molecule has 0 aliphatic carbocycles. The zero-order valence-corrected chi connectivity index (χ0v) is 35.5. The van der Waals surface area contributed by atoms with Crippen LogP contribution in [-0.2, 0) is 0 Å². The van der Waals surface area contributed by atoms with E-state index in [1.807, 2.05) is 54.6 Å². The zero-order chi connectivity index (χ0) is 43.6. The second kappa shape index (κ2) is 15.4. The minimum Gasteiger partial charge on any atom is -0.456 e. The average molecular weight is 844 g/mol. The second-order valence-electron chi connectivity index (χ2n) is 16.7. The number of hydrogen-bond acceptors (Lipinski definition) is 5. The summed E-state index contributed by atoms with van der Waals surface area (Å²) in [7, 11) is 0. The molecule has 0 amide bonds. The largest absolute Gasteiger partial charge is 0.456 e. The highest BCUT2D eigenvalue weighted by Crippen LogP contribution is 2.53. The van der Waals surface area contributed by atoms with Gasteiger partial charge < -0.3 is 9.15 Å². The fourth-order valence-corrected chi connectivity index (χ4v) is 9.61. The zero-order valence-electron chi connectivity index (χ0n) is 35.5. The average Bonchev–Trinajstić information content (AvgIpc) is 3.77. The molecule has 3 heterocycles. The number of benzene rings is 10. The van der Waals surface area contributed by atoms with Crippen LogP contribution < -0.4 is 4.74 Å². The lowest BCUT2D eigenvalue weighted by molar-refractivity contribution is 0.489. The van der Waals surface area contributed by atoms with E-state index in [4.69, 9.17) is 24.1 Å². The molecule has 0 fully saturated rings. The maximum Gasteiger partial charge on any atom is 0.164 e. The predicted octanol–water partition coefficient (Wildman–Crippen LogP) is 16.4. The molecule has 1 aliphatic rings. The number of furan rings is 1. The van der Waals surface area contributed by atoms with Gasteiger partial charge in [-0.05, 0) is 86.3 Å². The third-order valence-corrected chi connectivity index (χ3v) is 12.7. The van der Waals surface area contributed by atoms with Gasteiger partial charge in [-0.1, -0.05) is 188 Å². The van der Waals surface area contributed by atoms with Crippen molar-refractivity contribution in [2.75, 3.05) is 0 Å². The van der Waals surface area contributed by atoms with Gasteiger partial charge in [0.25, 0.3) is 0 Å². The molecule has 13 rings (SSSR count). The van der Waals surface area contributed by atoms with Crippen LogP contribution in [0.4, 0.5) is 0 Å². The summed E-state index contributed by atoms with van der Waals surface area (Å²) in [6, 6.07) is 78.3. The van der Waals surface area contributed by atoms with Crippen LogP contribution in [0.5, 0.6) is 11.5 Å². The third-order valence-electron chi connectivity index (χ3n) is 12.7. The van der Waals surface area contributed by atoms with E-state index < -0.39 is 0 Å². The van der Waals surface area contributed by atoms with Crippen LogP contribution >= 0.6 is 0 Å². The van der Waals surface area contributed by atoms with E-state index in [-0.39, 0.29) is 0 Å². The van der Waals surface area contributed by atoms with Crippen LogP contribution in [0.3, 0.4) is 0 Å². The maximum absolute atomic E-state index is 6.98. The summed E-state index contributed by atoms with van der Waals surface area (Å²) in [6.07, 6.45) is 0. The van der Waals surface area contributed by atoms with Gasteiger partial charge in [0, 0.05) is 44.0 Å². The Bertz CT molecular complexity index is 3820. The number of nitrogens with zero attached hydrogens (tertiary/aromatic N) is 3. The van der Waals surface area contributed by atoms with E-state index in [9.17, 15) is 0 Å². The van der Waals surface area contributed by atoms with Gasteiger partial charge in [-0.25, -0.2) is 15.0 Å². The highest BCUT2D eigenvalue weighted by atomic mass is 16.5. The summed E-state index contributed by atoms with van der Waals surface area (Å²) < 4.78 is 13.3. The molecule has 0 N–H and O–H groups in total. The Morgan fingerprint density at radius 3 is 1.58 bits per heavy atom. The fraction of sp³-hybridized carbons (Fsp3) is 0. The number of hydrogen-bond donors (Lipinski definition) is 0. The molecule has 308 valence electrons. The highest BCUT2D eigenvalue weighted by Gasteiger charge is 2.26. The van der Waals surface area contributed by atoms with E-state index in [0.29, 0.717) is 17.5 Å². The molecule has 5 heteroatoms. The van der Waals surface area contributed by atoms with E-state index in [0.717, 1.165) is 111 Å². The minimum absolute atomic E-state index is 0.573. The molecule has 66 heavy (non-hydrogen) atoms. The summed E-state index contributed by atoms with van der Waals surface area (Å²) in [6.45, 7) is 0. The lowest BCUT2D eigenvalue weighted by atomic mass is 9.83. The minimum atomic E-state index is 0.573. The number of rotatable bonds is 7. The Morgan fingerprint density at radius 2 is 0.833 bits per heavy atom. The molecule has 5 nitrogen and oxygen atoms in total. The first-order valence-electron chi connectivity index (χ1n) is 22.2. The number of aromatic nitrogens is 3. The molecule has 0 bridgehead atoms. The molecule has 2 aromatic heterocycles. The van der Waals surface area contributed by atoms with Crippen LogP contribution in [0.25, 0.3) is 123 Å². The van der Waals surface area contributed by atoms with Crippen LogP contribution in [0.2, 0.25) is 0 Å². The van der Waals surface area contributed by atoms with Crippen molar-refractivity contribution in [1.29, 1.82) is 0 Å². The predicted molar refractivity (Wildman–Crippen MR) is 268 cm³/mol. The van der Waals surface area contributed by atoms with Gasteiger partial charge in [-0.2, -0.15) is 0 Å². The van der Waals surface area contributed by atoms with Gasteiger partial charge in [0.15, 0.2) is 17.5 Å². The lowest BCUT2D eigenvalue weighted by Gasteiger charge is -2.25. The molecular formula is C61H37N3O2. The van der Waals surface area contributed by atoms with Crippen LogP contribution in [0.1, 0.15) is 0 Å². The van der Waals surface area contributed by atoms with Gasteiger partial charge in [-0.15, -0.1) is 0 Å². The summed E-state index contributed by atoms with van der Waals surface area (Å²) in [5, 5.41) is 4.44. The molecule has 0 saturated heterocycles. The van der Waals surface area contributed by atoms with Gasteiger partial charge in [0.05, 0.1) is 0 Å². The Kier molecular flexibility index (Phi) is 8.78. The molecule has 0 radical (unpaired) electrons. The molecule has 0 unspecified atom stereocenters. The van der Waals surface area contributed by atoms with Crippen molar-refractivity contribution < 1.29 is 9.15 Å². The molecule has 0 spiro atoms. The highest BCUT2D eigenvalue weighted by molar-refractivity contribution is 6.08. The van der Waals surface area contributed by atoms with E-state index in [1.54, 1.807) is 0 Å². The number of para-hydroxylation sites is 2. The molecule has 12 aromatic rings. The van der Waals surface area contributed by atoms with Crippen LogP contribution in [0.15, 0.2) is 229 Å².